The highest BCUT2D eigenvalue weighted by Gasteiger charge is 1.99. The molecule has 19 heavy (non-hydrogen) atoms. The van der Waals surface area contributed by atoms with Crippen LogP contribution in [0.5, 0.6) is 0 Å². The van der Waals surface area contributed by atoms with Crippen LogP contribution < -0.4 is 15.7 Å². The topological polar surface area (TPSA) is 64.2 Å². The van der Waals surface area contributed by atoms with Gasteiger partial charge >= 0.3 is 0 Å². The average Bonchev–Trinajstić information content (AvgIpc) is 2.90. The number of carboxylic acid groups (broad SMARTS) is 1. The summed E-state index contributed by atoms with van der Waals surface area (Å²) in [7, 11) is 0. The van der Waals surface area contributed by atoms with Crippen LogP contribution in [0.15, 0.2) is 41.8 Å². The van der Waals surface area contributed by atoms with Gasteiger partial charge in [0.1, 0.15) is 0 Å². The van der Waals surface area contributed by atoms with Crippen LogP contribution in [0.4, 0.5) is 5.69 Å². The molecule has 6 heteroatoms. The second-order valence-corrected chi connectivity index (χ2v) is 5.19. The van der Waals surface area contributed by atoms with Gasteiger partial charge in [0.15, 0.2) is 5.11 Å². The molecule has 0 atom stereocenters. The minimum absolute atomic E-state index is 0.142. The quantitative estimate of drug-likeness (QED) is 0.838. The van der Waals surface area contributed by atoms with E-state index in [2.05, 4.69) is 10.6 Å². The van der Waals surface area contributed by atoms with Crippen molar-refractivity contribution in [1.29, 1.82) is 0 Å². The maximum atomic E-state index is 10.6. The van der Waals surface area contributed by atoms with E-state index in [-0.39, 0.29) is 5.56 Å². The molecule has 0 spiro atoms. The van der Waals surface area contributed by atoms with Crippen LogP contribution in [-0.4, -0.2) is 11.1 Å². The van der Waals surface area contributed by atoms with E-state index in [0.717, 1.165) is 5.69 Å². The van der Waals surface area contributed by atoms with Gasteiger partial charge in [-0.2, -0.15) is 0 Å². The van der Waals surface area contributed by atoms with E-state index in [1.165, 1.54) is 17.0 Å². The summed E-state index contributed by atoms with van der Waals surface area (Å²) in [5.41, 5.74) is 0.872. The van der Waals surface area contributed by atoms with Gasteiger partial charge in [0.2, 0.25) is 0 Å². The zero-order chi connectivity index (χ0) is 13.7. The van der Waals surface area contributed by atoms with Gasteiger partial charge in [0.25, 0.3) is 0 Å². The molecule has 2 aromatic rings. The molecule has 98 valence electrons. The predicted octanol–water partition coefficient (Wildman–Crippen LogP) is 1.60. The Morgan fingerprint density at radius 3 is 2.58 bits per heavy atom. The zero-order valence-corrected chi connectivity index (χ0v) is 11.5. The van der Waals surface area contributed by atoms with E-state index >= 15 is 0 Å². The monoisotopic (exact) mass is 291 g/mol. The van der Waals surface area contributed by atoms with Crippen molar-refractivity contribution >= 4 is 40.3 Å². The minimum Gasteiger partial charge on any atom is -0.545 e. The number of benzene rings is 1. The number of nitrogens with one attached hydrogen (secondary N) is 2. The maximum absolute atomic E-state index is 10.6. The number of hydrogen-bond donors (Lipinski definition) is 2. The SMILES string of the molecule is O=C([O-])c1ccc(NC(=S)NCc2cccs2)cc1. The zero-order valence-electron chi connectivity index (χ0n) is 9.88. The van der Waals surface area contributed by atoms with E-state index in [1.54, 1.807) is 23.5 Å². The molecule has 0 aliphatic carbocycles. The summed E-state index contributed by atoms with van der Waals surface area (Å²) in [5, 5.41) is 19.2. The van der Waals surface area contributed by atoms with Gasteiger partial charge in [-0.15, -0.1) is 11.3 Å². The Bertz CT molecular complexity index is 565. The van der Waals surface area contributed by atoms with Crippen LogP contribution in [0, 0.1) is 0 Å². The number of thiocarbonyl (C=S) groups is 1. The molecule has 0 aliphatic heterocycles. The van der Waals surface area contributed by atoms with Crippen molar-refractivity contribution < 1.29 is 9.90 Å². The molecule has 4 nitrogen and oxygen atoms in total. The Hall–Kier alpha value is -1.92. The van der Waals surface area contributed by atoms with Gasteiger partial charge in [-0.05, 0) is 41.4 Å². The Labute approximate surface area is 120 Å². The Morgan fingerprint density at radius 2 is 2.00 bits per heavy atom. The smallest absolute Gasteiger partial charge is 0.171 e. The number of aromatic carboxylic acids is 1. The lowest BCUT2D eigenvalue weighted by molar-refractivity contribution is -0.255. The number of anilines is 1. The number of carboxylic acids is 1. The third-order valence-electron chi connectivity index (χ3n) is 2.38. The first kappa shape index (κ1) is 13.5. The summed E-state index contributed by atoms with van der Waals surface area (Å²) in [4.78, 5) is 11.8. The molecule has 1 aromatic heterocycles. The molecule has 0 radical (unpaired) electrons. The second-order valence-electron chi connectivity index (χ2n) is 3.75. The number of carbonyl (C=O) groups excluding carboxylic acids is 1. The Morgan fingerprint density at radius 1 is 1.26 bits per heavy atom. The fraction of sp³-hybridized carbons (Fsp3) is 0.0769. The largest absolute Gasteiger partial charge is 0.545 e. The van der Waals surface area contributed by atoms with E-state index in [0.29, 0.717) is 11.7 Å². The third-order valence-corrected chi connectivity index (χ3v) is 3.50. The lowest BCUT2D eigenvalue weighted by atomic mass is 10.2. The van der Waals surface area contributed by atoms with Crippen molar-refractivity contribution in [3.05, 3.63) is 52.2 Å². The van der Waals surface area contributed by atoms with Crippen LogP contribution in [0.2, 0.25) is 0 Å². The lowest BCUT2D eigenvalue weighted by Crippen LogP contribution is -2.27. The standard InChI is InChI=1S/C13H12N2O2S2/c16-12(17)9-3-5-10(6-4-9)15-13(18)14-8-11-2-1-7-19-11/h1-7H,8H2,(H,16,17)(H2,14,15,18)/p-1. The molecule has 0 saturated heterocycles. The number of rotatable bonds is 4. The molecule has 0 aliphatic rings. The van der Waals surface area contributed by atoms with Crippen molar-refractivity contribution in [3.8, 4) is 0 Å². The molecule has 2 N–H and O–H groups in total. The summed E-state index contributed by atoms with van der Waals surface area (Å²) in [6.45, 7) is 0.667. The maximum Gasteiger partial charge on any atom is 0.171 e. The first-order chi connectivity index (χ1) is 9.15. The van der Waals surface area contributed by atoms with Crippen molar-refractivity contribution in [2.45, 2.75) is 6.54 Å². The molecule has 0 bridgehead atoms. The summed E-state index contributed by atoms with van der Waals surface area (Å²) in [6.07, 6.45) is 0. The van der Waals surface area contributed by atoms with Gasteiger partial charge < -0.3 is 20.5 Å². The normalized spacial score (nSPS) is 9.89. The van der Waals surface area contributed by atoms with Crippen LogP contribution in [0.3, 0.4) is 0 Å². The Kier molecular flexibility index (Phi) is 4.48. The van der Waals surface area contributed by atoms with Crippen LogP contribution in [0.25, 0.3) is 0 Å². The van der Waals surface area contributed by atoms with E-state index < -0.39 is 5.97 Å². The summed E-state index contributed by atoms with van der Waals surface area (Å²) < 4.78 is 0. The number of thiophene rings is 1. The third kappa shape index (κ3) is 4.04. The highest BCUT2D eigenvalue weighted by Crippen LogP contribution is 2.10. The fourth-order valence-corrected chi connectivity index (χ4v) is 2.28. The van der Waals surface area contributed by atoms with Gasteiger partial charge in [0, 0.05) is 10.6 Å². The molecule has 0 unspecified atom stereocenters. The first-order valence-corrected chi connectivity index (χ1v) is 6.82. The molecule has 0 amide bonds. The van der Waals surface area contributed by atoms with Gasteiger partial charge in [-0.25, -0.2) is 0 Å². The molecule has 1 heterocycles. The minimum atomic E-state index is -1.19. The van der Waals surface area contributed by atoms with Crippen LogP contribution in [-0.2, 0) is 6.54 Å². The van der Waals surface area contributed by atoms with Crippen LogP contribution in [0.1, 0.15) is 15.2 Å². The van der Waals surface area contributed by atoms with E-state index in [9.17, 15) is 9.90 Å². The van der Waals surface area contributed by atoms with Crippen molar-refractivity contribution in [2.75, 3.05) is 5.32 Å². The van der Waals surface area contributed by atoms with Gasteiger partial charge in [-0.3, -0.25) is 0 Å². The summed E-state index contributed by atoms with van der Waals surface area (Å²) >= 11 is 6.80. The number of hydrogen-bond acceptors (Lipinski definition) is 4. The molecular weight excluding hydrogens is 280 g/mol. The average molecular weight is 291 g/mol. The van der Waals surface area contributed by atoms with Gasteiger partial charge in [0.05, 0.1) is 12.5 Å². The van der Waals surface area contributed by atoms with Crippen LogP contribution >= 0.6 is 23.6 Å². The molecule has 1 aromatic carbocycles. The predicted molar refractivity (Wildman–Crippen MR) is 78.2 cm³/mol. The summed E-state index contributed by atoms with van der Waals surface area (Å²) in [5.74, 6) is -1.19. The molecular formula is C13H11N2O2S2-. The first-order valence-electron chi connectivity index (χ1n) is 5.54. The van der Waals surface area contributed by atoms with Crippen molar-refractivity contribution in [1.82, 2.24) is 5.32 Å². The molecule has 2 rings (SSSR count). The molecule has 0 fully saturated rings. The lowest BCUT2D eigenvalue weighted by Gasteiger charge is -2.10. The molecule has 0 saturated carbocycles. The van der Waals surface area contributed by atoms with Gasteiger partial charge in [-0.1, -0.05) is 18.2 Å². The fourth-order valence-electron chi connectivity index (χ4n) is 1.45. The highest BCUT2D eigenvalue weighted by atomic mass is 32.1. The van der Waals surface area contributed by atoms with Crippen molar-refractivity contribution in [2.24, 2.45) is 0 Å². The highest BCUT2D eigenvalue weighted by molar-refractivity contribution is 7.80. The van der Waals surface area contributed by atoms with Crippen molar-refractivity contribution in [3.63, 3.8) is 0 Å². The number of carbonyl (C=O) groups is 1. The second kappa shape index (κ2) is 6.31. The Balaban J connectivity index is 1.86. The van der Waals surface area contributed by atoms with E-state index in [4.69, 9.17) is 12.2 Å². The summed E-state index contributed by atoms with van der Waals surface area (Å²) in [6, 6.07) is 10.2. The van der Waals surface area contributed by atoms with E-state index in [1.807, 2.05) is 17.5 Å².